The number of rotatable bonds is 6. The smallest absolute Gasteiger partial charge is 0.410 e. The summed E-state index contributed by atoms with van der Waals surface area (Å²) in [5, 5.41) is 13.9. The second-order valence-corrected chi connectivity index (χ2v) is 11.0. The molecule has 2 amide bonds. The lowest BCUT2D eigenvalue weighted by atomic mass is 10.1. The van der Waals surface area contributed by atoms with E-state index in [9.17, 15) is 14.7 Å². The predicted octanol–water partition coefficient (Wildman–Crippen LogP) is 4.83. The summed E-state index contributed by atoms with van der Waals surface area (Å²) in [6.07, 6.45) is -0.771. The molecule has 2 rings (SSSR count). The number of alkyl carbamates (subject to hydrolysis) is 1. The molecule has 1 heterocycles. The highest BCUT2D eigenvalue weighted by molar-refractivity contribution is 9.10. The first-order valence-corrected chi connectivity index (χ1v) is 11.2. The zero-order chi connectivity index (χ0) is 23.6. The maximum Gasteiger partial charge on any atom is 0.410 e. The number of aliphatic hydroxyl groups is 1. The fourth-order valence-electron chi connectivity index (χ4n) is 2.88. The molecule has 1 aliphatic carbocycles. The summed E-state index contributed by atoms with van der Waals surface area (Å²) < 4.78 is 11.4. The van der Waals surface area contributed by atoms with Crippen molar-refractivity contribution in [2.45, 2.75) is 77.2 Å². The Morgan fingerprint density at radius 2 is 1.81 bits per heavy atom. The zero-order valence-electron chi connectivity index (χ0n) is 18.8. The monoisotopic (exact) mass is 519 g/mol. The molecule has 0 radical (unpaired) electrons. The molecule has 1 saturated carbocycles. The first-order chi connectivity index (χ1) is 14.1. The van der Waals surface area contributed by atoms with Crippen LogP contribution in [-0.2, 0) is 9.47 Å². The number of hydrogen-bond donors (Lipinski definition) is 2. The van der Waals surface area contributed by atoms with Crippen LogP contribution in [0.1, 0.15) is 66.1 Å². The highest BCUT2D eigenvalue weighted by Gasteiger charge is 2.47. The van der Waals surface area contributed by atoms with Crippen molar-refractivity contribution < 1.29 is 24.2 Å². The summed E-state index contributed by atoms with van der Waals surface area (Å²) in [6.45, 7) is 10.8. The first-order valence-electron chi connectivity index (χ1n) is 10.1. The number of carbonyl (C=O) groups excluding carboxylic acids is 2. The van der Waals surface area contributed by atoms with Gasteiger partial charge in [-0.2, -0.15) is 0 Å². The van der Waals surface area contributed by atoms with Gasteiger partial charge in [-0.05, 0) is 88.0 Å². The molecule has 8 nitrogen and oxygen atoms in total. The van der Waals surface area contributed by atoms with Crippen LogP contribution in [0, 0.1) is 0 Å². The van der Waals surface area contributed by atoms with Crippen LogP contribution in [0.2, 0.25) is 5.15 Å². The van der Waals surface area contributed by atoms with Crippen LogP contribution in [0.4, 0.5) is 9.59 Å². The second-order valence-electron chi connectivity index (χ2n) is 9.83. The number of hydrogen-bond acceptors (Lipinski definition) is 6. The maximum absolute atomic E-state index is 12.9. The van der Waals surface area contributed by atoms with Crippen molar-refractivity contribution in [3.05, 3.63) is 27.5 Å². The van der Waals surface area contributed by atoms with Crippen LogP contribution in [0.25, 0.3) is 0 Å². The van der Waals surface area contributed by atoms with Crippen LogP contribution in [0.5, 0.6) is 0 Å². The average Bonchev–Trinajstić information content (AvgIpc) is 3.28. The maximum atomic E-state index is 12.9. The second kappa shape index (κ2) is 9.50. The van der Waals surface area contributed by atoms with Crippen molar-refractivity contribution >= 4 is 39.7 Å². The fraction of sp³-hybridized carbons (Fsp3) is 0.667. The van der Waals surface area contributed by atoms with Crippen molar-refractivity contribution in [2.75, 3.05) is 13.1 Å². The van der Waals surface area contributed by atoms with E-state index in [2.05, 4.69) is 26.2 Å². The van der Waals surface area contributed by atoms with Gasteiger partial charge >= 0.3 is 12.2 Å². The molecule has 2 N–H and O–H groups in total. The quantitative estimate of drug-likeness (QED) is 0.521. The van der Waals surface area contributed by atoms with Crippen molar-refractivity contribution in [1.29, 1.82) is 0 Å². The van der Waals surface area contributed by atoms with Crippen LogP contribution >= 0.6 is 27.5 Å². The van der Waals surface area contributed by atoms with E-state index in [0.29, 0.717) is 23.0 Å². The van der Waals surface area contributed by atoms with E-state index in [-0.39, 0.29) is 18.2 Å². The Kier molecular flexibility index (Phi) is 7.87. The van der Waals surface area contributed by atoms with Crippen molar-refractivity contribution in [3.63, 3.8) is 0 Å². The predicted molar refractivity (Wildman–Crippen MR) is 121 cm³/mol. The lowest BCUT2D eigenvalue weighted by Crippen LogP contribution is -2.50. The van der Waals surface area contributed by atoms with Gasteiger partial charge in [0.05, 0.1) is 18.2 Å². The summed E-state index contributed by atoms with van der Waals surface area (Å²) in [6, 6.07) is 3.17. The SMILES string of the molecule is CC(C)(C)OC(=O)NC1(CN(CC(O)c2cc(Cl)nc(Br)c2)C(=O)OC(C)(C)C)CC1. The molecule has 0 bridgehead atoms. The minimum Gasteiger partial charge on any atom is -0.444 e. The van der Waals surface area contributed by atoms with Gasteiger partial charge < -0.3 is 24.8 Å². The van der Waals surface area contributed by atoms with E-state index in [1.807, 2.05) is 0 Å². The van der Waals surface area contributed by atoms with E-state index in [1.165, 1.54) is 11.0 Å². The fourth-order valence-corrected chi connectivity index (χ4v) is 3.65. The van der Waals surface area contributed by atoms with Gasteiger partial charge in [0.2, 0.25) is 0 Å². The van der Waals surface area contributed by atoms with E-state index >= 15 is 0 Å². The number of aliphatic hydroxyl groups excluding tert-OH is 1. The molecule has 0 aromatic carbocycles. The van der Waals surface area contributed by atoms with Gasteiger partial charge in [-0.1, -0.05) is 11.6 Å². The van der Waals surface area contributed by atoms with Gasteiger partial charge in [-0.25, -0.2) is 14.6 Å². The molecular weight excluding hydrogens is 490 g/mol. The lowest BCUT2D eigenvalue weighted by Gasteiger charge is -2.32. The molecule has 0 aliphatic heterocycles. The van der Waals surface area contributed by atoms with Crippen molar-refractivity contribution in [3.8, 4) is 0 Å². The standard InChI is InChI=1S/C21H31BrClN3O5/c1-19(2,3)30-17(28)25-21(7-8-21)12-26(18(29)31-20(4,5)6)11-14(27)13-9-15(22)24-16(23)10-13/h9-10,14,27H,7-8,11-12H2,1-6H3,(H,25,28). The van der Waals surface area contributed by atoms with Crippen LogP contribution in [0.3, 0.4) is 0 Å². The third-order valence-electron chi connectivity index (χ3n) is 4.33. The van der Waals surface area contributed by atoms with Crippen LogP contribution < -0.4 is 5.32 Å². The third kappa shape index (κ3) is 8.82. The Hall–Kier alpha value is -1.58. The molecule has 0 spiro atoms. The number of amides is 2. The van der Waals surface area contributed by atoms with Gasteiger partial charge in [0.1, 0.15) is 21.0 Å². The van der Waals surface area contributed by atoms with Crippen LogP contribution in [0.15, 0.2) is 16.7 Å². The van der Waals surface area contributed by atoms with E-state index < -0.39 is 35.0 Å². The van der Waals surface area contributed by atoms with Crippen LogP contribution in [-0.4, -0.2) is 57.0 Å². The highest BCUT2D eigenvalue weighted by Crippen LogP contribution is 2.37. The lowest BCUT2D eigenvalue weighted by molar-refractivity contribution is 0.00978. The van der Waals surface area contributed by atoms with E-state index in [4.69, 9.17) is 21.1 Å². The van der Waals surface area contributed by atoms with E-state index in [1.54, 1.807) is 47.6 Å². The summed E-state index contributed by atoms with van der Waals surface area (Å²) in [5.41, 5.74) is -1.45. The number of pyridine rings is 1. The van der Waals surface area contributed by atoms with Gasteiger partial charge in [-0.3, -0.25) is 0 Å². The zero-order valence-corrected chi connectivity index (χ0v) is 21.1. The molecule has 1 aromatic rings. The molecule has 174 valence electrons. The average molecular weight is 521 g/mol. The molecule has 1 unspecified atom stereocenters. The van der Waals surface area contributed by atoms with E-state index in [0.717, 1.165) is 0 Å². The largest absolute Gasteiger partial charge is 0.444 e. The van der Waals surface area contributed by atoms with Gasteiger partial charge in [0.15, 0.2) is 0 Å². The Labute approximate surface area is 196 Å². The molecule has 1 aliphatic rings. The topological polar surface area (TPSA) is 101 Å². The Morgan fingerprint density at radius 1 is 1.23 bits per heavy atom. The van der Waals surface area contributed by atoms with Gasteiger partial charge in [0, 0.05) is 6.54 Å². The molecule has 1 fully saturated rings. The molecule has 1 aromatic heterocycles. The summed E-state index contributed by atoms with van der Waals surface area (Å²) in [7, 11) is 0. The normalized spacial score (nSPS) is 16.3. The molecule has 0 saturated heterocycles. The first kappa shape index (κ1) is 25.7. The number of nitrogens with one attached hydrogen (secondary N) is 1. The number of nitrogens with zero attached hydrogens (tertiary/aromatic N) is 2. The van der Waals surface area contributed by atoms with Crippen molar-refractivity contribution in [1.82, 2.24) is 15.2 Å². The molecular formula is C21H31BrClN3O5. The third-order valence-corrected chi connectivity index (χ3v) is 4.93. The highest BCUT2D eigenvalue weighted by atomic mass is 79.9. The Balaban J connectivity index is 2.17. The van der Waals surface area contributed by atoms with Crippen molar-refractivity contribution in [2.24, 2.45) is 0 Å². The summed E-state index contributed by atoms with van der Waals surface area (Å²) >= 11 is 9.24. The number of ether oxygens (including phenoxy) is 2. The van der Waals surface area contributed by atoms with Gasteiger partial charge in [0.25, 0.3) is 0 Å². The molecule has 31 heavy (non-hydrogen) atoms. The summed E-state index contributed by atoms with van der Waals surface area (Å²) in [4.78, 5) is 30.6. The minimum atomic E-state index is -1.03. The summed E-state index contributed by atoms with van der Waals surface area (Å²) in [5.74, 6) is 0. The Morgan fingerprint density at radius 3 is 2.29 bits per heavy atom. The number of halogens is 2. The molecule has 1 atom stereocenters. The van der Waals surface area contributed by atoms with Gasteiger partial charge in [-0.15, -0.1) is 0 Å². The molecule has 10 heteroatoms. The minimum absolute atomic E-state index is 0.0422. The Bertz CT molecular complexity index is 798. The number of carbonyl (C=O) groups is 2. The number of aromatic nitrogens is 1.